The third-order valence-electron chi connectivity index (χ3n) is 6.48. The number of hydrogen-bond donors (Lipinski definition) is 3. The minimum absolute atomic E-state index is 0.304. The molecule has 3 N–H and O–H groups in total. The molecule has 2 aromatic heterocycles. The normalized spacial score (nSPS) is 17.6. The summed E-state index contributed by atoms with van der Waals surface area (Å²) >= 11 is 0. The zero-order chi connectivity index (χ0) is 23.7. The number of nitrogens with one attached hydrogen (secondary N) is 3. The average Bonchev–Trinajstić information content (AvgIpc) is 3.44. The van der Waals surface area contributed by atoms with Crippen molar-refractivity contribution in [2.45, 2.75) is 63.7 Å². The van der Waals surface area contributed by atoms with Crippen molar-refractivity contribution < 1.29 is 13.9 Å². The molecule has 1 aromatic carbocycles. The SMILES string of the molecule is CC(C)c1cnn2c(NCc3ccc(NC(=O)C4(F)CC4)cc3)cc(NC3CCOCC3)nc12. The molecule has 34 heavy (non-hydrogen) atoms. The number of aromatic nitrogens is 3. The molecule has 2 fully saturated rings. The molecule has 0 spiro atoms. The lowest BCUT2D eigenvalue weighted by Gasteiger charge is -2.24. The number of carbonyl (C=O) groups is 1. The van der Waals surface area contributed by atoms with E-state index >= 15 is 0 Å². The van der Waals surface area contributed by atoms with Crippen LogP contribution in [0.5, 0.6) is 0 Å². The van der Waals surface area contributed by atoms with E-state index < -0.39 is 11.6 Å². The second-order valence-corrected chi connectivity index (χ2v) is 9.52. The zero-order valence-corrected chi connectivity index (χ0v) is 19.6. The zero-order valence-electron chi connectivity index (χ0n) is 19.6. The topological polar surface area (TPSA) is 92.6 Å². The van der Waals surface area contributed by atoms with Gasteiger partial charge in [0.1, 0.15) is 11.6 Å². The Bertz CT molecular complexity index is 1170. The second-order valence-electron chi connectivity index (χ2n) is 9.52. The predicted octanol–water partition coefficient (Wildman–Crippen LogP) is 4.50. The molecule has 1 saturated carbocycles. The molecule has 1 aliphatic carbocycles. The number of nitrogens with zero attached hydrogens (tertiary/aromatic N) is 3. The summed E-state index contributed by atoms with van der Waals surface area (Å²) < 4.78 is 21.2. The molecule has 1 saturated heterocycles. The number of halogens is 1. The fraction of sp³-hybridized carbons (Fsp3) is 0.480. The number of benzene rings is 1. The van der Waals surface area contributed by atoms with Crippen LogP contribution in [0.4, 0.5) is 21.7 Å². The van der Waals surface area contributed by atoms with Crippen LogP contribution in [0.25, 0.3) is 5.65 Å². The Balaban J connectivity index is 1.32. The van der Waals surface area contributed by atoms with Gasteiger partial charge in [0.15, 0.2) is 11.3 Å². The van der Waals surface area contributed by atoms with E-state index in [9.17, 15) is 9.18 Å². The average molecular weight is 467 g/mol. The summed E-state index contributed by atoms with van der Waals surface area (Å²) in [6.45, 7) is 6.36. The first-order valence-corrected chi connectivity index (χ1v) is 12.0. The van der Waals surface area contributed by atoms with E-state index in [1.807, 2.05) is 28.9 Å². The van der Waals surface area contributed by atoms with Gasteiger partial charge in [-0.1, -0.05) is 26.0 Å². The fourth-order valence-corrected chi connectivity index (χ4v) is 4.12. The first kappa shape index (κ1) is 22.6. The Kier molecular flexibility index (Phi) is 6.12. The lowest BCUT2D eigenvalue weighted by Crippen LogP contribution is -2.28. The van der Waals surface area contributed by atoms with Crippen molar-refractivity contribution in [1.82, 2.24) is 14.6 Å². The van der Waals surface area contributed by atoms with Crippen molar-refractivity contribution in [2.75, 3.05) is 29.2 Å². The van der Waals surface area contributed by atoms with Gasteiger partial charge < -0.3 is 20.7 Å². The van der Waals surface area contributed by atoms with Crippen LogP contribution in [0.2, 0.25) is 0 Å². The van der Waals surface area contributed by atoms with Gasteiger partial charge in [0.2, 0.25) is 0 Å². The third-order valence-corrected chi connectivity index (χ3v) is 6.48. The van der Waals surface area contributed by atoms with E-state index in [1.54, 1.807) is 12.1 Å². The molecule has 3 heterocycles. The summed E-state index contributed by atoms with van der Waals surface area (Å²) in [7, 11) is 0. The minimum atomic E-state index is -1.68. The maximum absolute atomic E-state index is 13.9. The van der Waals surface area contributed by atoms with Gasteiger partial charge >= 0.3 is 0 Å². The van der Waals surface area contributed by atoms with Crippen LogP contribution in [0.15, 0.2) is 36.5 Å². The summed E-state index contributed by atoms with van der Waals surface area (Å²) in [5.41, 5.74) is 1.88. The van der Waals surface area contributed by atoms with E-state index in [4.69, 9.17) is 9.72 Å². The molecule has 0 unspecified atom stereocenters. The lowest BCUT2D eigenvalue weighted by atomic mass is 10.1. The molecule has 1 amide bonds. The number of fused-ring (bicyclic) bond motifs is 1. The van der Waals surface area contributed by atoms with Crippen LogP contribution in [0.1, 0.15) is 56.6 Å². The van der Waals surface area contributed by atoms with Gasteiger partial charge in [0, 0.05) is 43.1 Å². The number of ether oxygens (including phenoxy) is 1. The van der Waals surface area contributed by atoms with Crippen molar-refractivity contribution in [2.24, 2.45) is 0 Å². The highest BCUT2D eigenvalue weighted by atomic mass is 19.1. The smallest absolute Gasteiger partial charge is 0.262 e. The largest absolute Gasteiger partial charge is 0.381 e. The van der Waals surface area contributed by atoms with Crippen molar-refractivity contribution >= 4 is 28.9 Å². The van der Waals surface area contributed by atoms with Gasteiger partial charge in [0.25, 0.3) is 5.91 Å². The number of anilines is 3. The van der Waals surface area contributed by atoms with E-state index in [0.29, 0.717) is 37.0 Å². The molecular formula is C25H31FN6O2. The molecule has 0 atom stereocenters. The van der Waals surface area contributed by atoms with Crippen molar-refractivity contribution in [1.29, 1.82) is 0 Å². The summed E-state index contributed by atoms with van der Waals surface area (Å²) in [6, 6.07) is 9.76. The Morgan fingerprint density at radius 1 is 1.24 bits per heavy atom. The first-order chi connectivity index (χ1) is 16.4. The molecule has 0 radical (unpaired) electrons. The second kappa shape index (κ2) is 9.21. The Hall–Kier alpha value is -3.20. The quantitative estimate of drug-likeness (QED) is 0.453. The van der Waals surface area contributed by atoms with Gasteiger partial charge in [0.05, 0.1) is 6.20 Å². The monoisotopic (exact) mass is 466 g/mol. The van der Waals surface area contributed by atoms with Gasteiger partial charge in [-0.3, -0.25) is 4.79 Å². The van der Waals surface area contributed by atoms with Crippen LogP contribution >= 0.6 is 0 Å². The molecule has 8 nitrogen and oxygen atoms in total. The molecule has 9 heteroatoms. The van der Waals surface area contributed by atoms with E-state index in [1.165, 1.54) is 0 Å². The standard InChI is InChI=1S/C25H31FN6O2/c1-16(2)20-15-28-32-22(13-21(31-23(20)32)29-19-7-11-34-12-8-19)27-14-17-3-5-18(6-4-17)30-24(33)25(26)9-10-25/h3-6,13,15-16,19,27H,7-12,14H2,1-2H3,(H,29,31)(H,30,33). The third kappa shape index (κ3) is 4.84. The molecule has 0 bridgehead atoms. The van der Waals surface area contributed by atoms with E-state index in [-0.39, 0.29) is 0 Å². The van der Waals surface area contributed by atoms with Crippen LogP contribution in [-0.4, -0.2) is 45.4 Å². The number of amides is 1. The fourth-order valence-electron chi connectivity index (χ4n) is 4.12. The van der Waals surface area contributed by atoms with Crippen molar-refractivity contribution in [3.63, 3.8) is 0 Å². The van der Waals surface area contributed by atoms with Crippen LogP contribution in [-0.2, 0) is 16.1 Å². The number of alkyl halides is 1. The van der Waals surface area contributed by atoms with Gasteiger partial charge in [-0.05, 0) is 49.3 Å². The van der Waals surface area contributed by atoms with E-state index in [2.05, 4.69) is 34.9 Å². The molecule has 2 aliphatic rings. The molecule has 3 aromatic rings. The summed E-state index contributed by atoms with van der Waals surface area (Å²) in [5, 5.41) is 14.3. The highest BCUT2D eigenvalue weighted by Gasteiger charge is 2.50. The maximum Gasteiger partial charge on any atom is 0.262 e. The number of carbonyl (C=O) groups excluding carboxylic acids is 1. The van der Waals surface area contributed by atoms with Gasteiger partial charge in [-0.15, -0.1) is 0 Å². The Morgan fingerprint density at radius 3 is 2.65 bits per heavy atom. The Labute approximate surface area is 198 Å². The number of hydrogen-bond acceptors (Lipinski definition) is 6. The van der Waals surface area contributed by atoms with Crippen LogP contribution in [0, 0.1) is 0 Å². The molecule has 1 aliphatic heterocycles. The summed E-state index contributed by atoms with van der Waals surface area (Å²) in [5.74, 6) is 1.42. The van der Waals surface area contributed by atoms with Crippen molar-refractivity contribution in [3.8, 4) is 0 Å². The van der Waals surface area contributed by atoms with Gasteiger partial charge in [-0.2, -0.15) is 9.61 Å². The predicted molar refractivity (Wildman–Crippen MR) is 130 cm³/mol. The van der Waals surface area contributed by atoms with Crippen molar-refractivity contribution in [3.05, 3.63) is 47.7 Å². The lowest BCUT2D eigenvalue weighted by molar-refractivity contribution is -0.122. The molecule has 5 rings (SSSR count). The maximum atomic E-state index is 13.9. The van der Waals surface area contributed by atoms with Crippen LogP contribution in [0.3, 0.4) is 0 Å². The first-order valence-electron chi connectivity index (χ1n) is 12.0. The summed E-state index contributed by atoms with van der Waals surface area (Å²) in [4.78, 5) is 16.8. The van der Waals surface area contributed by atoms with E-state index in [0.717, 1.165) is 54.5 Å². The molecule has 180 valence electrons. The minimum Gasteiger partial charge on any atom is -0.381 e. The highest BCUT2D eigenvalue weighted by molar-refractivity contribution is 5.99. The highest BCUT2D eigenvalue weighted by Crippen LogP contribution is 2.40. The Morgan fingerprint density at radius 2 is 1.97 bits per heavy atom. The molecular weight excluding hydrogens is 435 g/mol. The van der Waals surface area contributed by atoms with Gasteiger partial charge in [-0.25, -0.2) is 9.37 Å². The van der Waals surface area contributed by atoms with Crippen LogP contribution < -0.4 is 16.0 Å². The number of rotatable bonds is 8. The summed E-state index contributed by atoms with van der Waals surface area (Å²) in [6.07, 6.45) is 4.40.